The average Bonchev–Trinajstić information content (AvgIpc) is 2.73. The Morgan fingerprint density at radius 2 is 1.24 bits per heavy atom. The molecule has 0 saturated carbocycles. The third-order valence-corrected chi connectivity index (χ3v) is 5.03. The Balaban J connectivity index is 3.94. The van der Waals surface area contributed by atoms with E-state index >= 15 is 0 Å². The van der Waals surface area contributed by atoms with Gasteiger partial charge in [-0.1, -0.05) is 103 Å². The second-order valence-corrected chi connectivity index (χ2v) is 7.85. The largest absolute Gasteiger partial charge is 0.353 e. The topological polar surface area (TPSA) is 18.5 Å². The first-order chi connectivity index (χ1) is 14.3. The highest BCUT2D eigenvalue weighted by Crippen LogP contribution is 2.13. The molecule has 0 atom stereocenters. The Labute approximate surface area is 182 Å². The van der Waals surface area contributed by atoms with Crippen molar-refractivity contribution in [2.24, 2.45) is 0 Å². The van der Waals surface area contributed by atoms with Crippen LogP contribution in [-0.2, 0) is 9.47 Å². The molecular formula is C27H47O2. The Kier molecular flexibility index (Phi) is 24.1. The van der Waals surface area contributed by atoms with E-state index in [-0.39, 0.29) is 6.29 Å². The Hall–Kier alpha value is -1.04. The summed E-state index contributed by atoms with van der Waals surface area (Å²) in [6, 6.07) is 0. The molecule has 0 heterocycles. The second-order valence-electron chi connectivity index (χ2n) is 7.85. The van der Waals surface area contributed by atoms with Gasteiger partial charge in [-0.25, -0.2) is 0 Å². The van der Waals surface area contributed by atoms with Crippen LogP contribution in [0, 0.1) is 18.4 Å². The van der Waals surface area contributed by atoms with Gasteiger partial charge in [-0.3, -0.25) is 0 Å². The van der Waals surface area contributed by atoms with E-state index < -0.39 is 0 Å². The van der Waals surface area contributed by atoms with Crippen LogP contribution in [-0.4, -0.2) is 19.5 Å². The highest BCUT2D eigenvalue weighted by atomic mass is 16.7. The average molecular weight is 404 g/mol. The summed E-state index contributed by atoms with van der Waals surface area (Å²) < 4.78 is 12.1. The Morgan fingerprint density at radius 3 is 1.79 bits per heavy atom. The van der Waals surface area contributed by atoms with E-state index in [4.69, 9.17) is 16.1 Å². The van der Waals surface area contributed by atoms with Gasteiger partial charge in [0.15, 0.2) is 6.29 Å². The lowest BCUT2D eigenvalue weighted by molar-refractivity contribution is -0.148. The molecule has 0 unspecified atom stereocenters. The first kappa shape index (κ1) is 28.0. The molecule has 0 spiro atoms. The molecular weight excluding hydrogens is 356 g/mol. The molecule has 0 aromatic carbocycles. The van der Waals surface area contributed by atoms with Crippen LogP contribution in [0.5, 0.6) is 0 Å². The minimum Gasteiger partial charge on any atom is -0.353 e. The number of unbranched alkanes of at least 4 members (excludes halogenated alkanes) is 12. The minimum atomic E-state index is -0.0307. The van der Waals surface area contributed by atoms with Crippen molar-refractivity contribution in [1.82, 2.24) is 0 Å². The zero-order chi connectivity index (χ0) is 21.3. The fourth-order valence-corrected chi connectivity index (χ4v) is 3.22. The van der Waals surface area contributed by atoms with Crippen molar-refractivity contribution in [2.45, 2.75) is 123 Å². The molecule has 167 valence electrons. The molecule has 0 N–H and O–H groups in total. The van der Waals surface area contributed by atoms with Crippen molar-refractivity contribution < 1.29 is 9.47 Å². The lowest BCUT2D eigenvalue weighted by atomic mass is 10.1. The van der Waals surface area contributed by atoms with Gasteiger partial charge >= 0.3 is 0 Å². The normalized spacial score (nSPS) is 11.1. The third-order valence-electron chi connectivity index (χ3n) is 5.03. The molecule has 0 bridgehead atoms. The van der Waals surface area contributed by atoms with E-state index in [1.54, 1.807) is 0 Å². The summed E-state index contributed by atoms with van der Waals surface area (Å²) in [6.07, 6.45) is 25.2. The van der Waals surface area contributed by atoms with Crippen molar-refractivity contribution in [2.75, 3.05) is 13.2 Å². The van der Waals surface area contributed by atoms with Crippen LogP contribution in [0.4, 0.5) is 0 Å². The highest BCUT2D eigenvalue weighted by Gasteiger charge is 2.09. The molecule has 29 heavy (non-hydrogen) atoms. The van der Waals surface area contributed by atoms with Crippen molar-refractivity contribution >= 4 is 0 Å². The molecule has 0 aromatic heterocycles. The molecule has 0 aliphatic carbocycles. The highest BCUT2D eigenvalue weighted by molar-refractivity contribution is 5.21. The lowest BCUT2D eigenvalue weighted by Crippen LogP contribution is -2.19. The van der Waals surface area contributed by atoms with Gasteiger partial charge in [-0.2, -0.15) is 0 Å². The van der Waals surface area contributed by atoms with E-state index in [1.165, 1.54) is 70.3 Å². The summed E-state index contributed by atoms with van der Waals surface area (Å²) in [5, 5.41) is 0. The van der Waals surface area contributed by atoms with E-state index in [1.807, 2.05) is 6.08 Å². The lowest BCUT2D eigenvalue weighted by Gasteiger charge is -2.19. The van der Waals surface area contributed by atoms with Gasteiger partial charge in [-0.15, -0.1) is 0 Å². The standard InChI is InChI=1S/C27H47O2/c1-4-7-10-13-16-17-18-21-24-27(28-25-22-19-14-11-8-5-2)29-26-23-20-15-12-9-6-3/h1,4,13,16,27H,5-6,8-9,11-12,14-15,17-26H2,2-3H3/b4-1?,16-13+. The first-order valence-corrected chi connectivity index (χ1v) is 12.3. The number of allylic oxidation sites excluding steroid dienone is 3. The van der Waals surface area contributed by atoms with Crippen LogP contribution in [0.1, 0.15) is 117 Å². The fourth-order valence-electron chi connectivity index (χ4n) is 3.22. The number of hydrogen-bond donors (Lipinski definition) is 0. The number of rotatable bonds is 21. The predicted molar refractivity (Wildman–Crippen MR) is 127 cm³/mol. The zero-order valence-corrected chi connectivity index (χ0v) is 19.4. The summed E-state index contributed by atoms with van der Waals surface area (Å²) in [7, 11) is 0. The van der Waals surface area contributed by atoms with Gasteiger partial charge in [0, 0.05) is 13.2 Å². The molecule has 0 saturated heterocycles. The third kappa shape index (κ3) is 23.1. The van der Waals surface area contributed by atoms with Crippen molar-refractivity contribution in [1.29, 1.82) is 0 Å². The maximum absolute atomic E-state index is 6.07. The first-order valence-electron chi connectivity index (χ1n) is 12.3. The monoisotopic (exact) mass is 403 g/mol. The van der Waals surface area contributed by atoms with Crippen molar-refractivity contribution in [3.8, 4) is 11.8 Å². The minimum absolute atomic E-state index is 0.0307. The zero-order valence-electron chi connectivity index (χ0n) is 19.4. The van der Waals surface area contributed by atoms with Gasteiger partial charge in [0.05, 0.1) is 0 Å². The molecule has 2 nitrogen and oxygen atoms in total. The van der Waals surface area contributed by atoms with Gasteiger partial charge < -0.3 is 9.47 Å². The number of ether oxygens (including phenoxy) is 2. The summed E-state index contributed by atoms with van der Waals surface area (Å²) in [6.45, 7) is 11.4. The van der Waals surface area contributed by atoms with Crippen LogP contribution in [0.25, 0.3) is 0 Å². The van der Waals surface area contributed by atoms with Crippen LogP contribution in [0.3, 0.4) is 0 Å². The van der Waals surface area contributed by atoms with Gasteiger partial charge in [0.1, 0.15) is 0 Å². The van der Waals surface area contributed by atoms with Crippen molar-refractivity contribution in [3.05, 3.63) is 24.8 Å². The van der Waals surface area contributed by atoms with Gasteiger partial charge in [0.25, 0.3) is 0 Å². The molecule has 0 fully saturated rings. The van der Waals surface area contributed by atoms with E-state index in [2.05, 4.69) is 31.8 Å². The molecule has 0 amide bonds. The van der Waals surface area contributed by atoms with E-state index in [0.29, 0.717) is 0 Å². The Morgan fingerprint density at radius 1 is 0.690 bits per heavy atom. The quantitative estimate of drug-likeness (QED) is 0.109. The molecule has 0 aliphatic heterocycles. The van der Waals surface area contributed by atoms with E-state index in [0.717, 1.165) is 51.7 Å². The van der Waals surface area contributed by atoms with E-state index in [9.17, 15) is 0 Å². The van der Waals surface area contributed by atoms with Crippen molar-refractivity contribution in [3.63, 3.8) is 0 Å². The molecule has 1 radical (unpaired) electrons. The molecule has 0 aliphatic rings. The molecule has 0 aromatic rings. The van der Waals surface area contributed by atoms with Gasteiger partial charge in [-0.05, 0) is 50.7 Å². The molecule has 2 heteroatoms. The van der Waals surface area contributed by atoms with Crippen LogP contribution < -0.4 is 0 Å². The summed E-state index contributed by atoms with van der Waals surface area (Å²) in [5.41, 5.74) is 0. The van der Waals surface area contributed by atoms with Gasteiger partial charge in [0.2, 0.25) is 0 Å². The second kappa shape index (κ2) is 25.0. The fraction of sp³-hybridized carbons (Fsp3) is 0.778. The summed E-state index contributed by atoms with van der Waals surface area (Å²) in [5.74, 6) is 5.60. The van der Waals surface area contributed by atoms with Crippen LogP contribution in [0.2, 0.25) is 0 Å². The van der Waals surface area contributed by atoms with Crippen LogP contribution in [0.15, 0.2) is 18.2 Å². The van der Waals surface area contributed by atoms with Crippen LogP contribution >= 0.6 is 0 Å². The Bertz CT molecular complexity index is 398. The number of hydrogen-bond acceptors (Lipinski definition) is 2. The predicted octanol–water partition coefficient (Wildman–Crippen LogP) is 8.18. The SMILES string of the molecule is [CH]=CC#C/C=C/CCCCC(OCCCCCCCC)OCCCCCCCC. The smallest absolute Gasteiger partial charge is 0.157 e. The maximum Gasteiger partial charge on any atom is 0.157 e. The summed E-state index contributed by atoms with van der Waals surface area (Å²) in [4.78, 5) is 0. The maximum atomic E-state index is 6.07. The summed E-state index contributed by atoms with van der Waals surface area (Å²) >= 11 is 0. The molecule has 0 rings (SSSR count).